The van der Waals surface area contributed by atoms with Crippen LogP contribution >= 0.6 is 0 Å². The van der Waals surface area contributed by atoms with E-state index >= 15 is 0 Å². The predicted molar refractivity (Wildman–Crippen MR) is 54.9 cm³/mol. The van der Waals surface area contributed by atoms with Gasteiger partial charge in [0.05, 0.1) is 38.6 Å². The molecule has 0 aromatic heterocycles. The van der Waals surface area contributed by atoms with Crippen LogP contribution in [0.2, 0.25) is 0 Å². The van der Waals surface area contributed by atoms with Gasteiger partial charge in [0.25, 0.3) is 0 Å². The van der Waals surface area contributed by atoms with Gasteiger partial charge in [-0.05, 0) is 0 Å². The van der Waals surface area contributed by atoms with E-state index in [0.29, 0.717) is 53.3 Å². The summed E-state index contributed by atoms with van der Waals surface area (Å²) in [6.07, 6.45) is 0. The largest absolute Gasteiger partial charge is 0.382 e. The molecule has 0 saturated carbocycles. The minimum Gasteiger partial charge on any atom is -0.382 e. The molecule has 6 heteroatoms. The van der Waals surface area contributed by atoms with Crippen molar-refractivity contribution in [1.29, 1.82) is 0 Å². The van der Waals surface area contributed by atoms with Crippen LogP contribution in [0.15, 0.2) is 0 Å². The maximum atomic E-state index is 5.49. The third-order valence-corrected chi connectivity index (χ3v) is 2.88. The number of fused-ring (bicyclic) bond motifs is 1. The lowest BCUT2D eigenvalue weighted by Gasteiger charge is -2.26. The van der Waals surface area contributed by atoms with Gasteiger partial charge in [0.1, 0.15) is 20.3 Å². The first-order valence-corrected chi connectivity index (χ1v) is 5.42. The molecule has 2 fully saturated rings. The second-order valence-electron chi connectivity index (χ2n) is 4.09. The van der Waals surface area contributed by atoms with E-state index in [4.69, 9.17) is 23.7 Å². The number of hydrogen-bond donors (Lipinski definition) is 0. The second kappa shape index (κ2) is 5.90. The molecule has 0 N–H and O–H groups in total. The van der Waals surface area contributed by atoms with E-state index in [0.717, 1.165) is 0 Å². The van der Waals surface area contributed by atoms with Crippen LogP contribution in [0, 0.1) is 0 Å². The smallest absolute Gasteiger partial charge is 0.146 e. The quantitative estimate of drug-likeness (QED) is 0.442. The third kappa shape index (κ3) is 2.71. The fraction of sp³-hybridized carbons (Fsp3) is 1.00. The summed E-state index contributed by atoms with van der Waals surface area (Å²) in [5, 5.41) is 0. The van der Waals surface area contributed by atoms with Gasteiger partial charge in [-0.1, -0.05) is 0 Å². The first kappa shape index (κ1) is 12.2. The zero-order chi connectivity index (χ0) is 11.3. The highest BCUT2D eigenvalue weighted by Crippen LogP contribution is 2.28. The van der Waals surface area contributed by atoms with Crippen LogP contribution in [-0.4, -0.2) is 70.8 Å². The van der Waals surface area contributed by atoms with Crippen molar-refractivity contribution in [3.05, 3.63) is 0 Å². The topological polar surface area (TPSA) is 49.4 Å². The number of ether oxygens (including phenoxy) is 5. The molecule has 2 aliphatic heterocycles. The lowest BCUT2D eigenvalue weighted by molar-refractivity contribution is -0.0871. The van der Waals surface area contributed by atoms with Crippen molar-refractivity contribution < 1.29 is 23.7 Å². The van der Waals surface area contributed by atoms with Crippen molar-refractivity contribution in [1.82, 2.24) is 4.90 Å². The molecule has 0 aliphatic carbocycles. The Labute approximate surface area is 95.3 Å². The highest BCUT2D eigenvalue weighted by molar-refractivity contribution is 4.95. The Kier molecular flexibility index (Phi) is 4.51. The minimum atomic E-state index is -0.0926. The molecule has 0 spiro atoms. The van der Waals surface area contributed by atoms with Gasteiger partial charge < -0.3 is 23.7 Å². The number of hydrogen-bond acceptors (Lipinski definition) is 6. The number of methoxy groups -OCH3 is 1. The van der Waals surface area contributed by atoms with Crippen molar-refractivity contribution >= 4 is 0 Å². The lowest BCUT2D eigenvalue weighted by atomic mass is 10.0. The van der Waals surface area contributed by atoms with E-state index < -0.39 is 0 Å². The Hall–Kier alpha value is -0.240. The summed E-state index contributed by atoms with van der Waals surface area (Å²) in [6, 6.07) is 0. The summed E-state index contributed by atoms with van der Waals surface area (Å²) < 4.78 is 26.4. The highest BCUT2D eigenvalue weighted by Gasteiger charge is 2.46. The number of nitrogens with zero attached hydrogens (tertiary/aromatic N) is 1. The summed E-state index contributed by atoms with van der Waals surface area (Å²) in [7, 11) is 1.65. The molecule has 0 atom stereocenters. The van der Waals surface area contributed by atoms with Gasteiger partial charge in [0.15, 0.2) is 0 Å². The van der Waals surface area contributed by atoms with Gasteiger partial charge in [-0.2, -0.15) is 0 Å². The zero-order valence-corrected chi connectivity index (χ0v) is 9.65. The van der Waals surface area contributed by atoms with Crippen LogP contribution in [-0.2, 0) is 23.7 Å². The molecule has 2 saturated heterocycles. The van der Waals surface area contributed by atoms with Crippen molar-refractivity contribution in [2.75, 3.05) is 60.4 Å². The molecule has 0 unspecified atom stereocenters. The monoisotopic (exact) mass is 233 g/mol. The lowest BCUT2D eigenvalue weighted by Crippen LogP contribution is -2.47. The fourth-order valence-electron chi connectivity index (χ4n) is 1.89. The van der Waals surface area contributed by atoms with Gasteiger partial charge in [0.2, 0.25) is 0 Å². The SMILES string of the molecule is COCCOCOCC12COCN1COC2. The molecule has 94 valence electrons. The van der Waals surface area contributed by atoms with E-state index in [9.17, 15) is 0 Å². The Morgan fingerprint density at radius 2 is 1.88 bits per heavy atom. The van der Waals surface area contributed by atoms with Crippen LogP contribution in [0.4, 0.5) is 0 Å². The third-order valence-electron chi connectivity index (χ3n) is 2.88. The molecule has 16 heavy (non-hydrogen) atoms. The number of rotatable bonds is 7. The fourth-order valence-corrected chi connectivity index (χ4v) is 1.89. The molecular weight excluding hydrogens is 214 g/mol. The van der Waals surface area contributed by atoms with E-state index in [1.54, 1.807) is 7.11 Å². The molecule has 2 aliphatic rings. The van der Waals surface area contributed by atoms with E-state index in [-0.39, 0.29) is 5.54 Å². The normalized spacial score (nSPS) is 23.8. The van der Waals surface area contributed by atoms with Crippen molar-refractivity contribution in [3.63, 3.8) is 0 Å². The first-order chi connectivity index (χ1) is 7.87. The summed E-state index contributed by atoms with van der Waals surface area (Å²) in [6.45, 7) is 4.63. The minimum absolute atomic E-state index is 0.0926. The van der Waals surface area contributed by atoms with Crippen LogP contribution in [0.1, 0.15) is 0 Å². The highest BCUT2D eigenvalue weighted by atomic mass is 16.7. The predicted octanol–water partition coefficient (Wildman–Crippen LogP) is -0.360. The summed E-state index contributed by atoms with van der Waals surface area (Å²) >= 11 is 0. The maximum Gasteiger partial charge on any atom is 0.146 e. The molecule has 0 bridgehead atoms. The van der Waals surface area contributed by atoms with Crippen molar-refractivity contribution in [2.45, 2.75) is 5.54 Å². The molecular formula is C10H19NO5. The molecule has 0 aromatic carbocycles. The molecule has 2 rings (SSSR count). The summed E-state index contributed by atoms with van der Waals surface area (Å²) in [4.78, 5) is 2.15. The van der Waals surface area contributed by atoms with Gasteiger partial charge in [-0.15, -0.1) is 0 Å². The van der Waals surface area contributed by atoms with Crippen LogP contribution in [0.25, 0.3) is 0 Å². The average Bonchev–Trinajstić information content (AvgIpc) is 2.82. The van der Waals surface area contributed by atoms with Gasteiger partial charge in [-0.25, -0.2) is 4.90 Å². The average molecular weight is 233 g/mol. The van der Waals surface area contributed by atoms with Gasteiger partial charge in [0, 0.05) is 7.11 Å². The molecule has 0 radical (unpaired) electrons. The summed E-state index contributed by atoms with van der Waals surface area (Å²) in [5.74, 6) is 0. The van der Waals surface area contributed by atoms with E-state index in [1.807, 2.05) is 0 Å². The Morgan fingerprint density at radius 3 is 2.56 bits per heavy atom. The standard InChI is InChI=1S/C10H19NO5/c1-12-2-3-13-9-16-6-10-4-14-7-11(10)8-15-5-10/h2-9H2,1H3. The zero-order valence-electron chi connectivity index (χ0n) is 9.65. The Bertz CT molecular complexity index is 203. The molecule has 2 heterocycles. The second-order valence-corrected chi connectivity index (χ2v) is 4.09. The van der Waals surface area contributed by atoms with Gasteiger partial charge in [-0.3, -0.25) is 0 Å². The molecule has 0 aromatic rings. The van der Waals surface area contributed by atoms with Crippen LogP contribution in [0.3, 0.4) is 0 Å². The van der Waals surface area contributed by atoms with Crippen molar-refractivity contribution in [3.8, 4) is 0 Å². The van der Waals surface area contributed by atoms with Gasteiger partial charge >= 0.3 is 0 Å². The maximum absolute atomic E-state index is 5.49. The first-order valence-electron chi connectivity index (χ1n) is 5.42. The molecule has 0 amide bonds. The van der Waals surface area contributed by atoms with Crippen molar-refractivity contribution in [2.24, 2.45) is 0 Å². The summed E-state index contributed by atoms with van der Waals surface area (Å²) in [5.41, 5.74) is -0.0926. The van der Waals surface area contributed by atoms with Crippen LogP contribution < -0.4 is 0 Å². The van der Waals surface area contributed by atoms with Crippen LogP contribution in [0.5, 0.6) is 0 Å². The Morgan fingerprint density at radius 1 is 1.12 bits per heavy atom. The van der Waals surface area contributed by atoms with E-state index in [2.05, 4.69) is 4.90 Å². The van der Waals surface area contributed by atoms with E-state index in [1.165, 1.54) is 0 Å². The molecule has 6 nitrogen and oxygen atoms in total. The Balaban J connectivity index is 1.61.